The van der Waals surface area contributed by atoms with Gasteiger partial charge in [0.25, 0.3) is 5.91 Å². The van der Waals surface area contributed by atoms with Gasteiger partial charge in [0.05, 0.1) is 0 Å². The van der Waals surface area contributed by atoms with Gasteiger partial charge in [-0.2, -0.15) is 0 Å². The van der Waals surface area contributed by atoms with Crippen molar-refractivity contribution < 1.29 is 9.53 Å². The number of halogens is 1. The van der Waals surface area contributed by atoms with E-state index < -0.39 is 6.10 Å². The molecule has 1 unspecified atom stereocenters. The Morgan fingerprint density at radius 1 is 1.55 bits per heavy atom. The van der Waals surface area contributed by atoms with E-state index in [0.29, 0.717) is 22.4 Å². The highest BCUT2D eigenvalue weighted by Crippen LogP contribution is 2.18. The van der Waals surface area contributed by atoms with Crippen molar-refractivity contribution in [2.45, 2.75) is 13.0 Å². The SMILES string of the molecule is C=CCNC(=S)NNC(=O)C(C)Oc1cccc(Cl)c1. The fourth-order valence-corrected chi connectivity index (χ4v) is 1.54. The Morgan fingerprint density at radius 2 is 2.30 bits per heavy atom. The molecule has 0 aliphatic heterocycles. The van der Waals surface area contributed by atoms with Crippen molar-refractivity contribution in [3.8, 4) is 5.75 Å². The molecule has 20 heavy (non-hydrogen) atoms. The Labute approximate surface area is 128 Å². The Bertz CT molecular complexity index is 496. The summed E-state index contributed by atoms with van der Waals surface area (Å²) in [6, 6.07) is 6.83. The molecule has 0 aliphatic carbocycles. The van der Waals surface area contributed by atoms with E-state index in [9.17, 15) is 4.79 Å². The zero-order valence-corrected chi connectivity index (χ0v) is 12.6. The zero-order valence-electron chi connectivity index (χ0n) is 11.0. The molecule has 0 heterocycles. The van der Waals surface area contributed by atoms with Crippen LogP contribution >= 0.6 is 23.8 Å². The summed E-state index contributed by atoms with van der Waals surface area (Å²) in [4.78, 5) is 11.8. The normalized spacial score (nSPS) is 11.1. The van der Waals surface area contributed by atoms with Crippen LogP contribution in [0.4, 0.5) is 0 Å². The van der Waals surface area contributed by atoms with Crippen molar-refractivity contribution in [3.63, 3.8) is 0 Å². The van der Waals surface area contributed by atoms with E-state index in [4.69, 9.17) is 28.6 Å². The van der Waals surface area contributed by atoms with E-state index in [1.807, 2.05) is 0 Å². The summed E-state index contributed by atoms with van der Waals surface area (Å²) in [5.74, 6) is 0.167. The molecule has 0 bridgehead atoms. The molecule has 1 amide bonds. The average molecular weight is 314 g/mol. The third-order valence-electron chi connectivity index (χ3n) is 2.18. The van der Waals surface area contributed by atoms with Gasteiger partial charge in [-0.05, 0) is 37.3 Å². The van der Waals surface area contributed by atoms with Crippen molar-refractivity contribution in [1.82, 2.24) is 16.2 Å². The summed E-state index contributed by atoms with van der Waals surface area (Å²) in [6.07, 6.45) is 0.962. The first-order chi connectivity index (χ1) is 9.52. The molecule has 108 valence electrons. The van der Waals surface area contributed by atoms with E-state index in [0.717, 1.165) is 0 Å². The highest BCUT2D eigenvalue weighted by molar-refractivity contribution is 7.80. The van der Waals surface area contributed by atoms with Gasteiger partial charge in [-0.1, -0.05) is 23.7 Å². The van der Waals surface area contributed by atoms with Crippen LogP contribution < -0.4 is 20.9 Å². The molecule has 0 fully saturated rings. The second kappa shape index (κ2) is 8.39. The molecule has 5 nitrogen and oxygen atoms in total. The number of rotatable bonds is 5. The van der Waals surface area contributed by atoms with Gasteiger partial charge in [-0.15, -0.1) is 6.58 Å². The number of carbonyl (C=O) groups excluding carboxylic acids is 1. The monoisotopic (exact) mass is 313 g/mol. The van der Waals surface area contributed by atoms with Crippen molar-refractivity contribution in [1.29, 1.82) is 0 Å². The predicted molar refractivity (Wildman–Crippen MR) is 83.6 cm³/mol. The minimum Gasteiger partial charge on any atom is -0.481 e. The topological polar surface area (TPSA) is 62.4 Å². The molecular formula is C13H16ClN3O2S. The Hall–Kier alpha value is -1.79. The quantitative estimate of drug-likeness (QED) is 0.439. The molecule has 0 aliphatic rings. The van der Waals surface area contributed by atoms with Gasteiger partial charge in [0.1, 0.15) is 5.75 Å². The van der Waals surface area contributed by atoms with Gasteiger partial charge in [0.15, 0.2) is 11.2 Å². The van der Waals surface area contributed by atoms with Crippen LogP contribution in [-0.4, -0.2) is 23.7 Å². The number of hydrazine groups is 1. The highest BCUT2D eigenvalue weighted by Gasteiger charge is 2.14. The van der Waals surface area contributed by atoms with Gasteiger partial charge in [-0.25, -0.2) is 0 Å². The van der Waals surface area contributed by atoms with Crippen molar-refractivity contribution in [2.24, 2.45) is 0 Å². The largest absolute Gasteiger partial charge is 0.481 e. The Morgan fingerprint density at radius 3 is 2.95 bits per heavy atom. The second-order valence-corrected chi connectivity index (χ2v) is 4.68. The van der Waals surface area contributed by atoms with Crippen LogP contribution in [0.2, 0.25) is 5.02 Å². The van der Waals surface area contributed by atoms with Crippen LogP contribution in [0.25, 0.3) is 0 Å². The Kier molecular flexibility index (Phi) is 6.83. The van der Waals surface area contributed by atoms with Crippen molar-refractivity contribution in [3.05, 3.63) is 41.9 Å². The number of hydrogen-bond acceptors (Lipinski definition) is 3. The van der Waals surface area contributed by atoms with E-state index in [1.165, 1.54) is 0 Å². The molecule has 7 heteroatoms. The molecule has 0 radical (unpaired) electrons. The van der Waals surface area contributed by atoms with Gasteiger partial charge in [-0.3, -0.25) is 15.6 Å². The van der Waals surface area contributed by atoms with Crippen molar-refractivity contribution >= 4 is 34.8 Å². The van der Waals surface area contributed by atoms with Crippen LogP contribution in [0.15, 0.2) is 36.9 Å². The number of carbonyl (C=O) groups is 1. The minimum atomic E-state index is -0.692. The first-order valence-corrected chi connectivity index (χ1v) is 6.68. The van der Waals surface area contributed by atoms with Gasteiger partial charge < -0.3 is 10.1 Å². The number of thiocarbonyl (C=S) groups is 1. The second-order valence-electron chi connectivity index (χ2n) is 3.83. The summed E-state index contributed by atoms with van der Waals surface area (Å²) in [6.45, 7) is 5.68. The number of amides is 1. The molecule has 1 aromatic carbocycles. The predicted octanol–water partition coefficient (Wildman–Crippen LogP) is 1.79. The van der Waals surface area contributed by atoms with Gasteiger partial charge in [0, 0.05) is 11.6 Å². The number of hydrogen-bond donors (Lipinski definition) is 3. The van der Waals surface area contributed by atoms with E-state index in [2.05, 4.69) is 22.7 Å². The lowest BCUT2D eigenvalue weighted by Gasteiger charge is -2.16. The molecule has 1 aromatic rings. The Balaban J connectivity index is 2.39. The maximum atomic E-state index is 11.8. The lowest BCUT2D eigenvalue weighted by Crippen LogP contribution is -2.50. The van der Waals surface area contributed by atoms with E-state index >= 15 is 0 Å². The zero-order chi connectivity index (χ0) is 15.0. The van der Waals surface area contributed by atoms with Crippen LogP contribution in [0, 0.1) is 0 Å². The summed E-state index contributed by atoms with van der Waals surface area (Å²) in [5, 5.41) is 3.66. The molecule has 0 saturated carbocycles. The molecule has 0 spiro atoms. The lowest BCUT2D eigenvalue weighted by molar-refractivity contribution is -0.127. The van der Waals surface area contributed by atoms with Crippen LogP contribution in [0.5, 0.6) is 5.75 Å². The molecule has 1 atom stereocenters. The van der Waals surface area contributed by atoms with Gasteiger partial charge in [0.2, 0.25) is 0 Å². The lowest BCUT2D eigenvalue weighted by atomic mass is 10.3. The third-order valence-corrected chi connectivity index (χ3v) is 2.67. The van der Waals surface area contributed by atoms with Crippen LogP contribution in [0.1, 0.15) is 6.92 Å². The fraction of sp³-hybridized carbons (Fsp3) is 0.231. The number of nitrogens with one attached hydrogen (secondary N) is 3. The fourth-order valence-electron chi connectivity index (χ4n) is 1.23. The smallest absolute Gasteiger partial charge is 0.279 e. The summed E-state index contributed by atoms with van der Waals surface area (Å²) >= 11 is 10.8. The average Bonchev–Trinajstić information content (AvgIpc) is 2.42. The molecule has 1 rings (SSSR count). The highest BCUT2D eigenvalue weighted by atomic mass is 35.5. The number of benzene rings is 1. The molecule has 0 saturated heterocycles. The summed E-state index contributed by atoms with van der Waals surface area (Å²) in [7, 11) is 0. The summed E-state index contributed by atoms with van der Waals surface area (Å²) in [5.41, 5.74) is 5.00. The van der Waals surface area contributed by atoms with E-state index in [1.54, 1.807) is 37.3 Å². The molecule has 0 aromatic heterocycles. The standard InChI is InChI=1S/C13H16ClN3O2S/c1-3-7-15-13(20)17-16-12(18)9(2)19-11-6-4-5-10(14)8-11/h3-6,8-9H,1,7H2,2H3,(H,16,18)(H2,15,17,20). The summed E-state index contributed by atoms with van der Waals surface area (Å²) < 4.78 is 5.45. The molecule has 3 N–H and O–H groups in total. The van der Waals surface area contributed by atoms with Crippen LogP contribution in [-0.2, 0) is 4.79 Å². The first kappa shape index (κ1) is 16.3. The van der Waals surface area contributed by atoms with E-state index in [-0.39, 0.29) is 5.91 Å². The van der Waals surface area contributed by atoms with Crippen LogP contribution in [0.3, 0.4) is 0 Å². The third kappa shape index (κ3) is 5.90. The van der Waals surface area contributed by atoms with Gasteiger partial charge >= 0.3 is 0 Å². The maximum absolute atomic E-state index is 11.8. The maximum Gasteiger partial charge on any atom is 0.279 e. The first-order valence-electron chi connectivity index (χ1n) is 5.89. The minimum absolute atomic E-state index is 0.299. The van der Waals surface area contributed by atoms with Crippen molar-refractivity contribution in [2.75, 3.05) is 6.54 Å². The molecular weight excluding hydrogens is 298 g/mol. The number of ether oxygens (including phenoxy) is 1.